The number of halogens is 1. The molecule has 0 spiro atoms. The number of hydrogen-bond donors (Lipinski definition) is 1. The number of nitrogens with one attached hydrogen (secondary N) is 1. The van der Waals surface area contributed by atoms with Crippen LogP contribution in [-0.4, -0.2) is 41.6 Å². The van der Waals surface area contributed by atoms with Gasteiger partial charge in [0.15, 0.2) is 16.4 Å². The maximum Gasteiger partial charge on any atom is 0.270 e. The first-order valence-electron chi connectivity index (χ1n) is 9.88. The lowest BCUT2D eigenvalue weighted by molar-refractivity contribution is -0.116. The van der Waals surface area contributed by atoms with Crippen molar-refractivity contribution >= 4 is 38.8 Å². The Hall–Kier alpha value is -2.97. The van der Waals surface area contributed by atoms with Gasteiger partial charge in [0.1, 0.15) is 0 Å². The number of hydrogen-bond acceptors (Lipinski definition) is 5. The molecule has 2 aromatic carbocycles. The maximum atomic E-state index is 13.4. The highest BCUT2D eigenvalue weighted by molar-refractivity contribution is 7.97. The number of anilines is 1. The van der Waals surface area contributed by atoms with Crippen LogP contribution in [0.5, 0.6) is 11.5 Å². The van der Waals surface area contributed by atoms with E-state index in [2.05, 4.69) is 11.9 Å². The van der Waals surface area contributed by atoms with E-state index < -0.39 is 15.9 Å². The van der Waals surface area contributed by atoms with E-state index in [1.807, 2.05) is 12.1 Å². The molecule has 1 aliphatic rings. The fraction of sp³-hybridized carbons (Fsp3) is 0.261. The quantitative estimate of drug-likeness (QED) is 0.586. The van der Waals surface area contributed by atoms with E-state index in [0.29, 0.717) is 39.8 Å². The summed E-state index contributed by atoms with van der Waals surface area (Å²) in [4.78, 5) is 12.7. The SMILES string of the molecule is C=CCN1c2cc(OC)c(OC)cc2C(C)=C(C(=O)NCCc2ccc(Cl)cc2)S1(=O)=O. The Labute approximate surface area is 193 Å². The Bertz CT molecular complexity index is 1170. The van der Waals surface area contributed by atoms with E-state index in [1.165, 1.54) is 20.3 Å². The van der Waals surface area contributed by atoms with Gasteiger partial charge in [-0.2, -0.15) is 0 Å². The third-order valence-corrected chi connectivity index (χ3v) is 7.36. The van der Waals surface area contributed by atoms with Crippen LogP contribution in [0.4, 0.5) is 5.69 Å². The number of sulfonamides is 1. The van der Waals surface area contributed by atoms with E-state index in [4.69, 9.17) is 21.1 Å². The lowest BCUT2D eigenvalue weighted by Crippen LogP contribution is -2.41. The number of nitrogens with zero attached hydrogens (tertiary/aromatic N) is 1. The summed E-state index contributed by atoms with van der Waals surface area (Å²) in [7, 11) is -1.15. The van der Waals surface area contributed by atoms with E-state index in [1.54, 1.807) is 31.2 Å². The summed E-state index contributed by atoms with van der Waals surface area (Å²) in [6.45, 7) is 5.54. The number of carbonyl (C=O) groups is 1. The molecule has 9 heteroatoms. The summed E-state index contributed by atoms with van der Waals surface area (Å²) in [5.74, 6) is 0.163. The summed E-state index contributed by atoms with van der Waals surface area (Å²) in [6.07, 6.45) is 2.00. The minimum Gasteiger partial charge on any atom is -0.493 e. The van der Waals surface area contributed by atoms with Gasteiger partial charge in [-0.05, 0) is 42.7 Å². The van der Waals surface area contributed by atoms with Crippen molar-refractivity contribution < 1.29 is 22.7 Å². The molecule has 170 valence electrons. The summed E-state index contributed by atoms with van der Waals surface area (Å²) in [6, 6.07) is 10.5. The van der Waals surface area contributed by atoms with Crippen LogP contribution in [-0.2, 0) is 21.2 Å². The van der Waals surface area contributed by atoms with Crippen molar-refractivity contribution in [3.8, 4) is 11.5 Å². The third-order valence-electron chi connectivity index (χ3n) is 5.18. The zero-order valence-electron chi connectivity index (χ0n) is 18.1. The molecule has 0 aromatic heterocycles. The van der Waals surface area contributed by atoms with Gasteiger partial charge in [-0.3, -0.25) is 9.10 Å². The molecule has 1 heterocycles. The van der Waals surface area contributed by atoms with Gasteiger partial charge < -0.3 is 14.8 Å². The highest BCUT2D eigenvalue weighted by Crippen LogP contribution is 2.44. The van der Waals surface area contributed by atoms with Crippen LogP contribution in [0.25, 0.3) is 5.57 Å². The zero-order valence-corrected chi connectivity index (χ0v) is 19.7. The molecule has 0 saturated heterocycles. The van der Waals surface area contributed by atoms with Gasteiger partial charge >= 0.3 is 0 Å². The van der Waals surface area contributed by atoms with Gasteiger partial charge in [0.25, 0.3) is 15.9 Å². The molecule has 0 aliphatic carbocycles. The van der Waals surface area contributed by atoms with Crippen LogP contribution in [0, 0.1) is 0 Å². The largest absolute Gasteiger partial charge is 0.493 e. The van der Waals surface area contributed by atoms with Crippen molar-refractivity contribution in [1.29, 1.82) is 0 Å². The van der Waals surface area contributed by atoms with Crippen molar-refractivity contribution in [3.05, 3.63) is 70.1 Å². The predicted octanol–water partition coefficient (Wildman–Crippen LogP) is 3.78. The topological polar surface area (TPSA) is 84.9 Å². The maximum absolute atomic E-state index is 13.4. The standard InChI is InChI=1S/C23H25ClN2O5S/c1-5-12-26-19-14-21(31-4)20(30-3)13-18(19)15(2)22(32(26,28)29)23(27)25-11-10-16-6-8-17(24)9-7-16/h5-9,13-14H,1,10-12H2,2-4H3,(H,25,27). The molecule has 0 saturated carbocycles. The molecular weight excluding hydrogens is 452 g/mol. The fourth-order valence-corrected chi connectivity index (χ4v) is 5.44. The first-order valence-corrected chi connectivity index (χ1v) is 11.7. The summed E-state index contributed by atoms with van der Waals surface area (Å²) in [5, 5.41) is 3.35. The minimum atomic E-state index is -4.12. The van der Waals surface area contributed by atoms with Crippen LogP contribution in [0.2, 0.25) is 5.02 Å². The number of amides is 1. The second kappa shape index (κ2) is 9.67. The van der Waals surface area contributed by atoms with Crippen LogP contribution in [0.3, 0.4) is 0 Å². The first kappa shape index (κ1) is 23.7. The van der Waals surface area contributed by atoms with Crippen molar-refractivity contribution in [1.82, 2.24) is 5.32 Å². The third kappa shape index (κ3) is 4.47. The molecule has 7 nitrogen and oxygen atoms in total. The Kier molecular flexibility index (Phi) is 7.16. The Morgan fingerprint density at radius 1 is 1.16 bits per heavy atom. The molecule has 0 atom stereocenters. The van der Waals surface area contributed by atoms with Crippen molar-refractivity contribution in [3.63, 3.8) is 0 Å². The Balaban J connectivity index is 1.98. The van der Waals surface area contributed by atoms with Gasteiger partial charge in [-0.1, -0.05) is 29.8 Å². The van der Waals surface area contributed by atoms with Crippen LogP contribution in [0.1, 0.15) is 18.1 Å². The van der Waals surface area contributed by atoms with Crippen LogP contribution in [0.15, 0.2) is 54.0 Å². The second-order valence-electron chi connectivity index (χ2n) is 7.14. The van der Waals surface area contributed by atoms with Crippen LogP contribution >= 0.6 is 11.6 Å². The van der Waals surface area contributed by atoms with Crippen LogP contribution < -0.4 is 19.1 Å². The Morgan fingerprint density at radius 2 is 1.78 bits per heavy atom. The van der Waals surface area contributed by atoms with Gasteiger partial charge in [-0.25, -0.2) is 8.42 Å². The number of carbonyl (C=O) groups excluding carboxylic acids is 1. The molecule has 0 bridgehead atoms. The summed E-state index contributed by atoms with van der Waals surface area (Å²) >= 11 is 5.90. The predicted molar refractivity (Wildman–Crippen MR) is 127 cm³/mol. The highest BCUT2D eigenvalue weighted by Gasteiger charge is 2.39. The molecule has 1 amide bonds. The molecule has 1 aliphatic heterocycles. The Morgan fingerprint density at radius 3 is 2.38 bits per heavy atom. The average molecular weight is 477 g/mol. The highest BCUT2D eigenvalue weighted by atomic mass is 35.5. The van der Waals surface area contributed by atoms with E-state index in [-0.39, 0.29) is 18.0 Å². The number of ether oxygens (including phenoxy) is 2. The lowest BCUT2D eigenvalue weighted by atomic mass is 10.0. The van der Waals surface area contributed by atoms with Crippen molar-refractivity contribution in [2.24, 2.45) is 0 Å². The molecule has 32 heavy (non-hydrogen) atoms. The first-order chi connectivity index (χ1) is 15.2. The van der Waals surface area contributed by atoms with Gasteiger partial charge in [0.2, 0.25) is 0 Å². The van der Waals surface area contributed by atoms with Crippen molar-refractivity contribution in [2.45, 2.75) is 13.3 Å². The monoisotopic (exact) mass is 476 g/mol. The van der Waals surface area contributed by atoms with Gasteiger partial charge in [0, 0.05) is 23.2 Å². The zero-order chi connectivity index (χ0) is 23.5. The molecular formula is C23H25ClN2O5S. The molecule has 1 N–H and O–H groups in total. The molecule has 2 aromatic rings. The normalized spacial score (nSPS) is 14.6. The molecule has 0 radical (unpaired) electrons. The molecule has 0 fully saturated rings. The smallest absolute Gasteiger partial charge is 0.270 e. The number of fused-ring (bicyclic) bond motifs is 1. The minimum absolute atomic E-state index is 0.000346. The average Bonchev–Trinajstić information content (AvgIpc) is 2.77. The fourth-order valence-electron chi connectivity index (χ4n) is 3.58. The van der Waals surface area contributed by atoms with Crippen molar-refractivity contribution in [2.75, 3.05) is 31.6 Å². The lowest BCUT2D eigenvalue weighted by Gasteiger charge is -2.32. The van der Waals surface area contributed by atoms with Gasteiger partial charge in [-0.15, -0.1) is 6.58 Å². The summed E-state index contributed by atoms with van der Waals surface area (Å²) in [5.41, 5.74) is 2.28. The number of methoxy groups -OCH3 is 2. The molecule has 0 unspecified atom stereocenters. The van der Waals surface area contributed by atoms with Gasteiger partial charge in [0.05, 0.1) is 26.5 Å². The summed E-state index contributed by atoms with van der Waals surface area (Å²) < 4.78 is 38.7. The van der Waals surface area contributed by atoms with E-state index in [0.717, 1.165) is 9.87 Å². The van der Waals surface area contributed by atoms with E-state index in [9.17, 15) is 13.2 Å². The van der Waals surface area contributed by atoms with E-state index >= 15 is 0 Å². The number of allylic oxidation sites excluding steroid dienone is 1. The molecule has 3 rings (SSSR count). The number of rotatable bonds is 8. The second-order valence-corrected chi connectivity index (χ2v) is 9.37. The number of benzene rings is 2.